The highest BCUT2D eigenvalue weighted by molar-refractivity contribution is 5.83. The summed E-state index contributed by atoms with van der Waals surface area (Å²) in [6.45, 7) is 18.4. The van der Waals surface area contributed by atoms with E-state index in [-0.39, 0.29) is 29.4 Å². The van der Waals surface area contributed by atoms with E-state index in [4.69, 9.17) is 4.84 Å². The van der Waals surface area contributed by atoms with Gasteiger partial charge < -0.3 is 20.4 Å². The molecule has 2 aromatic carbocycles. The number of aliphatic hydroxyl groups is 2. The van der Waals surface area contributed by atoms with Gasteiger partial charge in [0.05, 0.1) is 19.3 Å². The van der Waals surface area contributed by atoms with Crippen LogP contribution in [0.3, 0.4) is 0 Å². The van der Waals surface area contributed by atoms with Crippen molar-refractivity contribution in [1.29, 1.82) is 0 Å². The van der Waals surface area contributed by atoms with Crippen LogP contribution < -0.4 is 5.32 Å². The van der Waals surface area contributed by atoms with E-state index in [9.17, 15) is 15.0 Å². The third kappa shape index (κ3) is 7.40. The van der Waals surface area contributed by atoms with Gasteiger partial charge in [-0.1, -0.05) is 96.1 Å². The lowest BCUT2D eigenvalue weighted by Gasteiger charge is -2.69. The molecule has 8 heteroatoms. The van der Waals surface area contributed by atoms with E-state index in [0.29, 0.717) is 30.3 Å². The van der Waals surface area contributed by atoms with Crippen LogP contribution >= 0.6 is 0 Å². The highest BCUT2D eigenvalue weighted by atomic mass is 16.7. The number of aliphatic hydroxyl groups excluding tert-OH is 2. The zero-order valence-electron chi connectivity index (χ0n) is 30.9. The second-order valence-corrected chi connectivity index (χ2v) is 16.6. The van der Waals surface area contributed by atoms with Gasteiger partial charge in [0.2, 0.25) is 5.91 Å². The number of hydroxylamine groups is 2. The molecule has 8 nitrogen and oxygen atoms in total. The Kier molecular flexibility index (Phi) is 11.4. The fourth-order valence-corrected chi connectivity index (χ4v) is 9.27. The molecule has 1 aliphatic heterocycles. The third-order valence-corrected chi connectivity index (χ3v) is 12.8. The van der Waals surface area contributed by atoms with Gasteiger partial charge >= 0.3 is 0 Å². The quantitative estimate of drug-likeness (QED) is 0.252. The van der Waals surface area contributed by atoms with E-state index in [1.807, 2.05) is 0 Å². The van der Waals surface area contributed by atoms with Gasteiger partial charge in [0.15, 0.2) is 0 Å². The van der Waals surface area contributed by atoms with Gasteiger partial charge in [0.25, 0.3) is 0 Å². The molecule has 2 aromatic rings. The second-order valence-electron chi connectivity index (χ2n) is 16.6. The number of amides is 1. The first kappa shape index (κ1) is 36.9. The van der Waals surface area contributed by atoms with Crippen LogP contribution in [0, 0.1) is 34.5 Å². The predicted octanol–water partition coefficient (Wildman–Crippen LogP) is 5.33. The predicted molar refractivity (Wildman–Crippen MR) is 191 cm³/mol. The van der Waals surface area contributed by atoms with Crippen LogP contribution in [0.1, 0.15) is 78.0 Å². The summed E-state index contributed by atoms with van der Waals surface area (Å²) >= 11 is 0. The number of nitrogens with one attached hydrogen (secondary N) is 1. The molecule has 266 valence electrons. The van der Waals surface area contributed by atoms with Crippen molar-refractivity contribution < 1.29 is 19.8 Å². The molecule has 48 heavy (non-hydrogen) atoms. The Hall–Kier alpha value is -2.33. The molecule has 3 saturated carbocycles. The lowest BCUT2D eigenvalue weighted by molar-refractivity contribution is -0.198. The molecule has 0 radical (unpaired) electrons. The Labute approximate surface area is 289 Å². The monoisotopic (exact) mass is 662 g/mol. The number of carbonyl (C=O) groups is 1. The minimum absolute atomic E-state index is 0.0777. The Bertz CT molecular complexity index is 1370. The minimum atomic E-state index is -0.820. The molecule has 9 atom stereocenters. The standard InChI is InChI=1S/C40H62N4O4/c1-26(2)34(24-42(8)9)43(21-29-14-11-10-12-15-29)22-30-16-13-17-31(18-30)23-44-37(36(28(4)46)35(25-45)48-44)38(47)41-33-19-32-20-40(7,27(33)3)39(32,5)6/h10-18,26-28,32-37,45-46H,19-25H2,1-9H3,(H,41,47)/t27-,28+,32+,33+,34-,35+,36-,37+,40+/m1/s1. The number of likely N-dealkylation sites (N-methyl/N-ethyl adjacent to an activating group) is 1. The molecular formula is C40H62N4O4. The molecular weight excluding hydrogens is 600 g/mol. The SMILES string of the molecule is CC(C)[C@@H](CN(C)C)N(Cc1ccccc1)Cc1cccc(CN2O[C@@H](CO)[C@@H]([C@H](C)O)[C@H]2C(=O)N[C@H]2C[C@H]3C[C@@](C)([C@@H]2C)C3(C)C)c1. The number of benzene rings is 2. The smallest absolute Gasteiger partial charge is 0.240 e. The summed E-state index contributed by atoms with van der Waals surface area (Å²) in [4.78, 5) is 25.3. The Morgan fingerprint density at radius 1 is 1.02 bits per heavy atom. The molecule has 0 spiro atoms. The van der Waals surface area contributed by atoms with Crippen LogP contribution in [0.2, 0.25) is 0 Å². The average molecular weight is 663 g/mol. The summed E-state index contributed by atoms with van der Waals surface area (Å²) in [5.74, 6) is 0.738. The molecule has 0 unspecified atom stereocenters. The Morgan fingerprint density at radius 3 is 2.27 bits per heavy atom. The normalized spacial score (nSPS) is 31.2. The van der Waals surface area contributed by atoms with Gasteiger partial charge in [0.1, 0.15) is 12.1 Å². The van der Waals surface area contributed by atoms with E-state index in [0.717, 1.165) is 31.6 Å². The van der Waals surface area contributed by atoms with Crippen LogP contribution in [0.25, 0.3) is 0 Å². The summed E-state index contributed by atoms with van der Waals surface area (Å²) in [6.07, 6.45) is 0.704. The number of fused-ring (bicyclic) bond motifs is 2. The fourth-order valence-electron chi connectivity index (χ4n) is 9.27. The van der Waals surface area contributed by atoms with Crippen molar-refractivity contribution >= 4 is 5.91 Å². The molecule has 1 amide bonds. The molecule has 1 saturated heterocycles. The van der Waals surface area contributed by atoms with E-state index in [1.54, 1.807) is 12.0 Å². The van der Waals surface area contributed by atoms with Gasteiger partial charge in [0, 0.05) is 37.6 Å². The summed E-state index contributed by atoms with van der Waals surface area (Å²) in [7, 11) is 4.27. The van der Waals surface area contributed by atoms with Gasteiger partial charge in [-0.2, -0.15) is 5.06 Å². The summed E-state index contributed by atoms with van der Waals surface area (Å²) < 4.78 is 0. The molecule has 2 bridgehead atoms. The van der Waals surface area contributed by atoms with Crippen LogP contribution in [-0.4, -0.2) is 88.6 Å². The largest absolute Gasteiger partial charge is 0.394 e. The molecule has 3 aliphatic carbocycles. The highest BCUT2D eigenvalue weighted by Crippen LogP contribution is 2.69. The summed E-state index contributed by atoms with van der Waals surface area (Å²) in [5.41, 5.74) is 3.98. The van der Waals surface area contributed by atoms with Crippen LogP contribution in [0.5, 0.6) is 0 Å². The molecule has 3 N–H and O–H groups in total. The topological polar surface area (TPSA) is 88.5 Å². The van der Waals surface area contributed by atoms with E-state index in [1.165, 1.54) is 17.5 Å². The number of nitrogens with zero attached hydrogens (tertiary/aromatic N) is 3. The van der Waals surface area contributed by atoms with Crippen LogP contribution in [-0.2, 0) is 29.3 Å². The maximum absolute atomic E-state index is 14.2. The van der Waals surface area contributed by atoms with E-state index >= 15 is 0 Å². The second kappa shape index (κ2) is 14.9. The van der Waals surface area contributed by atoms with Crippen LogP contribution in [0.4, 0.5) is 0 Å². The van der Waals surface area contributed by atoms with Crippen molar-refractivity contribution in [3.63, 3.8) is 0 Å². The third-order valence-electron chi connectivity index (χ3n) is 12.8. The molecule has 6 rings (SSSR count). The van der Waals surface area contributed by atoms with Gasteiger partial charge in [-0.15, -0.1) is 0 Å². The van der Waals surface area contributed by atoms with Crippen molar-refractivity contribution in [1.82, 2.24) is 20.2 Å². The van der Waals surface area contributed by atoms with Crippen molar-refractivity contribution in [3.05, 3.63) is 71.3 Å². The maximum atomic E-state index is 14.2. The van der Waals surface area contributed by atoms with Crippen LogP contribution in [0.15, 0.2) is 54.6 Å². The number of hydrogen-bond donors (Lipinski definition) is 3. The molecule has 1 heterocycles. The minimum Gasteiger partial charge on any atom is -0.394 e. The van der Waals surface area contributed by atoms with Gasteiger partial charge in [-0.25, -0.2) is 0 Å². The first-order valence-electron chi connectivity index (χ1n) is 18.2. The molecule has 4 fully saturated rings. The first-order valence-corrected chi connectivity index (χ1v) is 18.2. The van der Waals surface area contributed by atoms with Crippen molar-refractivity contribution in [3.8, 4) is 0 Å². The van der Waals surface area contributed by atoms with E-state index < -0.39 is 24.2 Å². The summed E-state index contributed by atoms with van der Waals surface area (Å²) in [5, 5.41) is 26.3. The van der Waals surface area contributed by atoms with Gasteiger partial charge in [-0.05, 0) is 79.1 Å². The lowest BCUT2D eigenvalue weighted by atomic mass is 9.36. The number of rotatable bonds is 14. The van der Waals surface area contributed by atoms with Crippen molar-refractivity contribution in [2.24, 2.45) is 34.5 Å². The number of carbonyl (C=O) groups excluding carboxylic acids is 1. The molecule has 4 aliphatic rings. The Morgan fingerprint density at radius 2 is 1.67 bits per heavy atom. The van der Waals surface area contributed by atoms with Gasteiger partial charge in [-0.3, -0.25) is 14.5 Å². The van der Waals surface area contributed by atoms with E-state index in [2.05, 4.69) is 125 Å². The zero-order valence-corrected chi connectivity index (χ0v) is 30.9. The number of hydrogen-bond acceptors (Lipinski definition) is 7. The maximum Gasteiger partial charge on any atom is 0.240 e. The Balaban J connectivity index is 1.36. The van der Waals surface area contributed by atoms with Crippen molar-refractivity contribution in [2.75, 3.05) is 27.2 Å². The summed E-state index contributed by atoms with van der Waals surface area (Å²) in [6, 6.07) is 18.9. The lowest BCUT2D eigenvalue weighted by Crippen LogP contribution is -2.67. The highest BCUT2D eigenvalue weighted by Gasteiger charge is 2.64. The fraction of sp³-hybridized carbons (Fsp3) is 0.675. The van der Waals surface area contributed by atoms with Crippen molar-refractivity contribution in [2.45, 2.75) is 111 Å². The molecule has 0 aromatic heterocycles. The first-order chi connectivity index (χ1) is 22.7. The zero-order chi connectivity index (χ0) is 35.0. The average Bonchev–Trinajstić information content (AvgIpc) is 3.40.